The molecule has 6 heteroatoms. The zero-order valence-corrected chi connectivity index (χ0v) is 17.4. The zero-order chi connectivity index (χ0) is 20.2. The lowest BCUT2D eigenvalue weighted by atomic mass is 9.58. The SMILES string of the molecule is CC12Cn3cnc(-c4ccc(F)cc4)c3C=C1CCCC2C(C)(O)c1nccs1. The number of nitrogens with zero attached hydrogens (tertiary/aromatic N) is 3. The maximum Gasteiger partial charge on any atom is 0.124 e. The van der Waals surface area contributed by atoms with Gasteiger partial charge in [0.1, 0.15) is 16.4 Å². The van der Waals surface area contributed by atoms with E-state index < -0.39 is 5.60 Å². The number of benzene rings is 1. The molecule has 1 aliphatic carbocycles. The molecule has 1 aliphatic heterocycles. The van der Waals surface area contributed by atoms with Gasteiger partial charge in [0.15, 0.2) is 0 Å². The van der Waals surface area contributed by atoms with Crippen LogP contribution in [0.25, 0.3) is 17.3 Å². The van der Waals surface area contributed by atoms with E-state index in [-0.39, 0.29) is 17.2 Å². The Morgan fingerprint density at radius 3 is 2.79 bits per heavy atom. The van der Waals surface area contributed by atoms with Gasteiger partial charge in [-0.1, -0.05) is 12.5 Å². The predicted molar refractivity (Wildman–Crippen MR) is 113 cm³/mol. The van der Waals surface area contributed by atoms with Crippen LogP contribution in [0.5, 0.6) is 0 Å². The minimum absolute atomic E-state index is 0.0750. The number of halogens is 1. The average Bonchev–Trinajstić information content (AvgIpc) is 3.36. The summed E-state index contributed by atoms with van der Waals surface area (Å²) in [4.78, 5) is 9.07. The monoisotopic (exact) mass is 409 g/mol. The van der Waals surface area contributed by atoms with E-state index in [2.05, 4.69) is 27.5 Å². The largest absolute Gasteiger partial charge is 0.383 e. The highest BCUT2D eigenvalue weighted by atomic mass is 32.1. The molecule has 3 heterocycles. The van der Waals surface area contributed by atoms with Crippen LogP contribution < -0.4 is 0 Å². The van der Waals surface area contributed by atoms with Gasteiger partial charge in [-0.2, -0.15) is 0 Å². The first kappa shape index (κ1) is 18.7. The smallest absolute Gasteiger partial charge is 0.124 e. The second kappa shape index (κ2) is 6.61. The Kier molecular flexibility index (Phi) is 4.26. The summed E-state index contributed by atoms with van der Waals surface area (Å²) in [6, 6.07) is 6.51. The third kappa shape index (κ3) is 2.89. The average molecular weight is 410 g/mol. The summed E-state index contributed by atoms with van der Waals surface area (Å²) in [5.74, 6) is -0.168. The Morgan fingerprint density at radius 2 is 2.07 bits per heavy atom. The number of aromatic nitrogens is 3. The molecule has 29 heavy (non-hydrogen) atoms. The number of aliphatic hydroxyl groups is 1. The van der Waals surface area contributed by atoms with Crippen molar-refractivity contribution in [3.63, 3.8) is 0 Å². The van der Waals surface area contributed by atoms with Crippen molar-refractivity contribution in [2.24, 2.45) is 11.3 Å². The van der Waals surface area contributed by atoms with E-state index in [1.54, 1.807) is 18.3 Å². The molecule has 0 saturated heterocycles. The third-order valence-electron chi connectivity index (χ3n) is 6.79. The number of fused-ring (bicyclic) bond motifs is 2. The fourth-order valence-corrected chi connectivity index (χ4v) is 6.07. The fraction of sp³-hybridized carbons (Fsp3) is 0.391. The van der Waals surface area contributed by atoms with Crippen molar-refractivity contribution in [3.05, 3.63) is 64.3 Å². The van der Waals surface area contributed by atoms with Crippen molar-refractivity contribution in [3.8, 4) is 11.3 Å². The summed E-state index contributed by atoms with van der Waals surface area (Å²) in [5.41, 5.74) is 3.10. The molecule has 1 saturated carbocycles. The molecule has 1 aromatic carbocycles. The number of thiazole rings is 1. The summed E-state index contributed by atoms with van der Waals surface area (Å²) in [6.45, 7) is 4.96. The Morgan fingerprint density at radius 1 is 1.28 bits per heavy atom. The van der Waals surface area contributed by atoms with E-state index in [0.717, 1.165) is 47.8 Å². The molecule has 3 aromatic rings. The summed E-state index contributed by atoms with van der Waals surface area (Å²) in [5, 5.41) is 14.2. The molecule has 5 rings (SSSR count). The van der Waals surface area contributed by atoms with E-state index in [1.807, 2.05) is 18.6 Å². The van der Waals surface area contributed by atoms with Crippen LogP contribution >= 0.6 is 11.3 Å². The van der Waals surface area contributed by atoms with Crippen LogP contribution in [0.2, 0.25) is 0 Å². The van der Waals surface area contributed by atoms with E-state index in [9.17, 15) is 9.50 Å². The van der Waals surface area contributed by atoms with Gasteiger partial charge in [-0.05, 0) is 56.5 Å². The van der Waals surface area contributed by atoms with E-state index in [0.29, 0.717) is 0 Å². The van der Waals surface area contributed by atoms with Crippen molar-refractivity contribution >= 4 is 17.4 Å². The van der Waals surface area contributed by atoms with Gasteiger partial charge in [-0.3, -0.25) is 0 Å². The molecule has 0 bridgehead atoms. The van der Waals surface area contributed by atoms with Gasteiger partial charge in [0.05, 0.1) is 17.7 Å². The van der Waals surface area contributed by atoms with Crippen LogP contribution in [0.4, 0.5) is 4.39 Å². The summed E-state index contributed by atoms with van der Waals surface area (Å²) in [6.07, 6.45) is 8.92. The Balaban J connectivity index is 1.56. The second-order valence-corrected chi connectivity index (χ2v) is 9.52. The third-order valence-corrected chi connectivity index (χ3v) is 7.79. The van der Waals surface area contributed by atoms with Gasteiger partial charge in [0.25, 0.3) is 0 Å². The van der Waals surface area contributed by atoms with Gasteiger partial charge >= 0.3 is 0 Å². The Labute approximate surface area is 173 Å². The van der Waals surface area contributed by atoms with Gasteiger partial charge in [-0.15, -0.1) is 11.3 Å². The van der Waals surface area contributed by atoms with Crippen LogP contribution in [-0.4, -0.2) is 19.6 Å². The Hall–Kier alpha value is -2.31. The van der Waals surface area contributed by atoms with Crippen molar-refractivity contribution in [1.29, 1.82) is 0 Å². The lowest BCUT2D eigenvalue weighted by Gasteiger charge is -2.51. The lowest BCUT2D eigenvalue weighted by molar-refractivity contribution is -0.0713. The molecule has 1 fully saturated rings. The zero-order valence-electron chi connectivity index (χ0n) is 16.6. The highest BCUT2D eigenvalue weighted by Crippen LogP contribution is 2.55. The van der Waals surface area contributed by atoms with Crippen molar-refractivity contribution in [2.45, 2.75) is 45.3 Å². The molecule has 0 amide bonds. The molecule has 2 aliphatic rings. The summed E-state index contributed by atoms with van der Waals surface area (Å²) in [7, 11) is 0. The van der Waals surface area contributed by atoms with Crippen LogP contribution in [0, 0.1) is 17.2 Å². The quantitative estimate of drug-likeness (QED) is 0.642. The molecule has 3 unspecified atom stereocenters. The molecule has 2 aromatic heterocycles. The van der Waals surface area contributed by atoms with Crippen molar-refractivity contribution in [2.75, 3.05) is 0 Å². The normalized spacial score (nSPS) is 25.7. The second-order valence-electron chi connectivity index (χ2n) is 8.63. The first-order valence-electron chi connectivity index (χ1n) is 10.0. The highest BCUT2D eigenvalue weighted by molar-refractivity contribution is 7.09. The van der Waals surface area contributed by atoms with Gasteiger partial charge < -0.3 is 9.67 Å². The van der Waals surface area contributed by atoms with Crippen molar-refractivity contribution < 1.29 is 9.50 Å². The predicted octanol–water partition coefficient (Wildman–Crippen LogP) is 5.26. The van der Waals surface area contributed by atoms with Crippen LogP contribution in [0.15, 0.2) is 47.7 Å². The lowest BCUT2D eigenvalue weighted by Crippen LogP contribution is -2.48. The fourth-order valence-electron chi connectivity index (χ4n) is 5.32. The van der Waals surface area contributed by atoms with Crippen LogP contribution in [0.3, 0.4) is 0 Å². The molecule has 0 radical (unpaired) electrons. The number of imidazole rings is 1. The van der Waals surface area contributed by atoms with Crippen molar-refractivity contribution in [1.82, 2.24) is 14.5 Å². The van der Waals surface area contributed by atoms with Gasteiger partial charge in [0.2, 0.25) is 0 Å². The van der Waals surface area contributed by atoms with E-state index in [1.165, 1.54) is 29.0 Å². The van der Waals surface area contributed by atoms with Gasteiger partial charge in [-0.25, -0.2) is 14.4 Å². The molecular weight excluding hydrogens is 385 g/mol. The van der Waals surface area contributed by atoms with Crippen LogP contribution in [0.1, 0.15) is 43.8 Å². The standard InChI is InChI=1S/C23H24FN3OS/c1-22-13-27-14-26-20(15-6-8-17(24)9-7-15)18(27)12-16(22)4-3-5-19(22)23(2,28)21-25-10-11-29-21/h6-12,14,19,28H,3-5,13H2,1-2H3. The molecule has 150 valence electrons. The number of hydrogen-bond acceptors (Lipinski definition) is 4. The van der Waals surface area contributed by atoms with Gasteiger partial charge in [0, 0.05) is 35.0 Å². The summed E-state index contributed by atoms with van der Waals surface area (Å²) >= 11 is 1.52. The van der Waals surface area contributed by atoms with E-state index >= 15 is 0 Å². The topological polar surface area (TPSA) is 50.9 Å². The highest BCUT2D eigenvalue weighted by Gasteiger charge is 2.52. The number of rotatable bonds is 3. The molecule has 1 N–H and O–H groups in total. The molecule has 3 atom stereocenters. The van der Waals surface area contributed by atoms with E-state index in [4.69, 9.17) is 0 Å². The first-order chi connectivity index (χ1) is 13.9. The minimum Gasteiger partial charge on any atom is -0.383 e. The molecule has 4 nitrogen and oxygen atoms in total. The van der Waals surface area contributed by atoms with Crippen LogP contribution in [-0.2, 0) is 12.1 Å². The minimum atomic E-state index is -0.972. The first-order valence-corrected chi connectivity index (χ1v) is 10.9. The Bertz CT molecular complexity index is 1070. The number of allylic oxidation sites excluding steroid dienone is 1. The maximum absolute atomic E-state index is 13.3. The summed E-state index contributed by atoms with van der Waals surface area (Å²) < 4.78 is 15.5. The molecule has 0 spiro atoms. The maximum atomic E-state index is 13.3. The number of hydrogen-bond donors (Lipinski definition) is 1. The molecular formula is C23H24FN3OS.